The van der Waals surface area contributed by atoms with Crippen LogP contribution >= 0.6 is 0 Å². The minimum absolute atomic E-state index is 0.0114. The van der Waals surface area contributed by atoms with Gasteiger partial charge in [-0.05, 0) is 76.7 Å². The number of halogens is 1. The molecule has 9 nitrogen and oxygen atoms in total. The molecule has 10 heteroatoms. The number of piperazine rings is 1. The lowest BCUT2D eigenvalue weighted by Crippen LogP contribution is -2.47. The smallest absolute Gasteiger partial charge is 0.255 e. The van der Waals surface area contributed by atoms with Gasteiger partial charge >= 0.3 is 0 Å². The molecule has 1 atom stereocenters. The molecule has 0 saturated carbocycles. The van der Waals surface area contributed by atoms with Crippen LogP contribution in [0, 0.1) is 12.7 Å². The fourth-order valence-electron chi connectivity index (χ4n) is 5.55. The Morgan fingerprint density at radius 3 is 2.32 bits per heavy atom. The van der Waals surface area contributed by atoms with Gasteiger partial charge in [0.1, 0.15) is 17.5 Å². The summed E-state index contributed by atoms with van der Waals surface area (Å²) in [7, 11) is 5.83. The number of hydrogen-bond acceptors (Lipinski definition) is 8. The molecule has 1 aromatic carbocycles. The maximum atomic E-state index is 13.6. The van der Waals surface area contributed by atoms with E-state index in [1.165, 1.54) is 12.1 Å². The van der Waals surface area contributed by atoms with Gasteiger partial charge in [0, 0.05) is 76.7 Å². The number of carbonyl (C=O) groups excluding carboxylic acids is 1. The first-order valence-electron chi connectivity index (χ1n) is 14.5. The van der Waals surface area contributed by atoms with E-state index in [0.29, 0.717) is 18.2 Å². The van der Waals surface area contributed by atoms with Gasteiger partial charge < -0.3 is 24.5 Å². The predicted octanol–water partition coefficient (Wildman–Crippen LogP) is 3.94. The van der Waals surface area contributed by atoms with Crippen LogP contribution in [0.2, 0.25) is 0 Å². The Morgan fingerprint density at radius 2 is 1.68 bits per heavy atom. The number of benzene rings is 1. The van der Waals surface area contributed by atoms with Gasteiger partial charge in [0.05, 0.1) is 11.3 Å². The van der Waals surface area contributed by atoms with Gasteiger partial charge in [0.15, 0.2) is 0 Å². The topological polar surface area (TPSA) is 71.9 Å². The first kappa shape index (κ1) is 28.7. The van der Waals surface area contributed by atoms with Crippen LogP contribution in [0.5, 0.6) is 0 Å². The maximum Gasteiger partial charge on any atom is 0.255 e. The molecule has 5 rings (SSSR count). The third-order valence-corrected chi connectivity index (χ3v) is 8.08. The summed E-state index contributed by atoms with van der Waals surface area (Å²) in [6.07, 6.45) is 3.95. The van der Waals surface area contributed by atoms with Crippen molar-refractivity contribution in [1.82, 2.24) is 24.8 Å². The Bertz CT molecular complexity index is 1360. The van der Waals surface area contributed by atoms with Crippen molar-refractivity contribution in [3.8, 4) is 11.3 Å². The van der Waals surface area contributed by atoms with Crippen molar-refractivity contribution in [1.29, 1.82) is 0 Å². The Balaban J connectivity index is 1.31. The molecule has 0 N–H and O–H groups in total. The molecule has 2 fully saturated rings. The van der Waals surface area contributed by atoms with E-state index in [4.69, 9.17) is 15.0 Å². The summed E-state index contributed by atoms with van der Waals surface area (Å²) in [5, 5.41) is 0. The monoisotopic (exact) mass is 560 g/mol. The number of carbonyl (C=O) groups is 1. The Labute approximate surface area is 242 Å². The average Bonchev–Trinajstić information content (AvgIpc) is 3.41. The molecule has 0 radical (unpaired) electrons. The zero-order valence-electron chi connectivity index (χ0n) is 24.8. The fraction of sp³-hybridized carbons (Fsp3) is 0.484. The lowest BCUT2D eigenvalue weighted by Gasteiger charge is -2.37. The van der Waals surface area contributed by atoms with E-state index >= 15 is 0 Å². The lowest BCUT2D eigenvalue weighted by atomic mass is 10.1. The first-order valence-corrected chi connectivity index (χ1v) is 14.5. The van der Waals surface area contributed by atoms with Crippen molar-refractivity contribution in [3.63, 3.8) is 0 Å². The van der Waals surface area contributed by atoms with Crippen LogP contribution in [0.15, 0.2) is 42.6 Å². The molecule has 2 saturated heterocycles. The van der Waals surface area contributed by atoms with Crippen molar-refractivity contribution in [2.75, 3.05) is 81.7 Å². The molecule has 2 aromatic heterocycles. The fourth-order valence-corrected chi connectivity index (χ4v) is 5.55. The molecule has 2 aliphatic heterocycles. The average molecular weight is 561 g/mol. The van der Waals surface area contributed by atoms with Gasteiger partial charge in [-0.3, -0.25) is 4.79 Å². The number of rotatable bonds is 8. The highest BCUT2D eigenvalue weighted by Gasteiger charge is 2.27. The first-order chi connectivity index (χ1) is 19.7. The Hall–Kier alpha value is -3.79. The largest absolute Gasteiger partial charge is 0.353 e. The summed E-state index contributed by atoms with van der Waals surface area (Å²) in [6.45, 7) is 9.80. The number of aryl methyl sites for hydroxylation is 1. The number of amides is 1. The second-order valence-corrected chi connectivity index (χ2v) is 11.5. The molecular weight excluding hydrogens is 519 g/mol. The summed E-state index contributed by atoms with van der Waals surface area (Å²) in [5.74, 6) is 2.27. The molecule has 1 unspecified atom stereocenters. The summed E-state index contributed by atoms with van der Waals surface area (Å²) >= 11 is 0. The highest BCUT2D eigenvalue weighted by Crippen LogP contribution is 2.30. The molecule has 1 amide bonds. The van der Waals surface area contributed by atoms with Crippen LogP contribution in [0.25, 0.3) is 11.3 Å². The van der Waals surface area contributed by atoms with Crippen molar-refractivity contribution in [2.24, 2.45) is 0 Å². The highest BCUT2D eigenvalue weighted by molar-refractivity contribution is 5.94. The standard InChI is InChI=1S/C31H41FN8O/c1-22-19-25(30(41)37(5)14-13-36(3)4)21-33-29(22)39-17-15-38(16-18-39)28-20-27(24-8-10-26(32)11-9-24)34-31(35-28)40-12-6-7-23(40)2/h8-11,19-21,23H,6-7,12-18H2,1-5H3. The highest BCUT2D eigenvalue weighted by atomic mass is 19.1. The number of pyridine rings is 1. The van der Waals surface area contributed by atoms with E-state index in [1.54, 1.807) is 23.2 Å². The van der Waals surface area contributed by atoms with E-state index < -0.39 is 0 Å². The molecule has 218 valence electrons. The van der Waals surface area contributed by atoms with Gasteiger partial charge in [0.25, 0.3) is 5.91 Å². The van der Waals surface area contributed by atoms with Crippen LogP contribution in [0.3, 0.4) is 0 Å². The van der Waals surface area contributed by atoms with E-state index in [2.05, 4.69) is 26.5 Å². The molecular formula is C31H41FN8O. The van der Waals surface area contributed by atoms with E-state index in [0.717, 1.165) is 86.5 Å². The van der Waals surface area contributed by atoms with Gasteiger partial charge in [-0.25, -0.2) is 14.4 Å². The molecule has 0 bridgehead atoms. The molecule has 4 heterocycles. The number of aromatic nitrogens is 3. The number of likely N-dealkylation sites (N-methyl/N-ethyl adjacent to an activating group) is 2. The molecule has 0 spiro atoms. The second kappa shape index (κ2) is 12.4. The number of anilines is 3. The van der Waals surface area contributed by atoms with Crippen LogP contribution in [-0.2, 0) is 0 Å². The number of nitrogens with zero attached hydrogens (tertiary/aromatic N) is 8. The maximum absolute atomic E-state index is 13.6. The quantitative estimate of drug-likeness (QED) is 0.411. The van der Waals surface area contributed by atoms with E-state index in [1.807, 2.05) is 40.2 Å². The minimum atomic E-state index is -0.259. The summed E-state index contributed by atoms with van der Waals surface area (Å²) in [4.78, 5) is 38.2. The van der Waals surface area contributed by atoms with Crippen molar-refractivity contribution >= 4 is 23.5 Å². The van der Waals surface area contributed by atoms with Gasteiger partial charge in [-0.15, -0.1) is 0 Å². The zero-order valence-corrected chi connectivity index (χ0v) is 24.8. The summed E-state index contributed by atoms with van der Waals surface area (Å²) in [6, 6.07) is 10.9. The normalized spacial score (nSPS) is 17.4. The van der Waals surface area contributed by atoms with Gasteiger partial charge in [0.2, 0.25) is 5.95 Å². The third-order valence-electron chi connectivity index (χ3n) is 8.08. The van der Waals surface area contributed by atoms with Crippen molar-refractivity contribution in [3.05, 3.63) is 59.5 Å². The second-order valence-electron chi connectivity index (χ2n) is 11.5. The summed E-state index contributed by atoms with van der Waals surface area (Å²) in [5.41, 5.74) is 3.30. The SMILES string of the molecule is Cc1cc(C(=O)N(C)CCN(C)C)cnc1N1CCN(c2cc(-c3ccc(F)cc3)nc(N3CCCC3C)n2)CC1. The van der Waals surface area contributed by atoms with E-state index in [9.17, 15) is 9.18 Å². The molecule has 2 aliphatic rings. The van der Waals surface area contributed by atoms with Crippen LogP contribution in [0.4, 0.5) is 22.0 Å². The molecule has 0 aliphatic carbocycles. The van der Waals surface area contributed by atoms with Gasteiger partial charge in [-0.1, -0.05) is 0 Å². The van der Waals surface area contributed by atoms with Crippen LogP contribution in [0.1, 0.15) is 35.7 Å². The van der Waals surface area contributed by atoms with Crippen LogP contribution < -0.4 is 14.7 Å². The minimum Gasteiger partial charge on any atom is -0.353 e. The van der Waals surface area contributed by atoms with Crippen molar-refractivity contribution in [2.45, 2.75) is 32.7 Å². The summed E-state index contributed by atoms with van der Waals surface area (Å²) < 4.78 is 13.6. The van der Waals surface area contributed by atoms with Gasteiger partial charge in [-0.2, -0.15) is 4.98 Å². The predicted molar refractivity (Wildman–Crippen MR) is 162 cm³/mol. The zero-order chi connectivity index (χ0) is 29.1. The number of hydrogen-bond donors (Lipinski definition) is 0. The van der Waals surface area contributed by atoms with E-state index in [-0.39, 0.29) is 11.7 Å². The Morgan fingerprint density at radius 1 is 0.976 bits per heavy atom. The lowest BCUT2D eigenvalue weighted by molar-refractivity contribution is 0.0786. The van der Waals surface area contributed by atoms with Crippen LogP contribution in [-0.4, -0.2) is 104 Å². The third kappa shape index (κ3) is 6.59. The molecule has 3 aromatic rings. The Kier molecular flexibility index (Phi) is 8.68. The van der Waals surface area contributed by atoms with Crippen molar-refractivity contribution < 1.29 is 9.18 Å². The molecule has 41 heavy (non-hydrogen) atoms.